The molecule has 10 atom stereocenters. The first-order valence-electron chi connectivity index (χ1n) is 8.45. The largest absolute Gasteiger partial charge is 0.394 e. The number of rotatable bonds is 6. The van der Waals surface area contributed by atoms with Crippen molar-refractivity contribution in [3.8, 4) is 0 Å². The number of hydrogen-bond donors (Lipinski definition) is 7. The Morgan fingerprint density at radius 2 is 1.52 bits per heavy atom. The zero-order chi connectivity index (χ0) is 20.3. The van der Waals surface area contributed by atoms with E-state index in [9.17, 15) is 35.4 Å². The number of aliphatic hydroxyl groups excluding tert-OH is 6. The summed E-state index contributed by atoms with van der Waals surface area (Å²) in [4.78, 5) is 11.4. The summed E-state index contributed by atoms with van der Waals surface area (Å²) in [6, 6.07) is -1.05. The van der Waals surface area contributed by atoms with E-state index in [4.69, 9.17) is 18.9 Å². The van der Waals surface area contributed by atoms with Crippen molar-refractivity contribution >= 4 is 5.91 Å². The Labute approximate surface area is 155 Å². The summed E-state index contributed by atoms with van der Waals surface area (Å²) in [6.07, 6.45) is -12.6. The van der Waals surface area contributed by atoms with Crippen LogP contribution in [0.3, 0.4) is 0 Å². The normalized spacial score (nSPS) is 45.5. The molecule has 2 aliphatic rings. The highest BCUT2D eigenvalue weighted by Gasteiger charge is 2.51. The lowest BCUT2D eigenvalue weighted by Crippen LogP contribution is -2.67. The highest BCUT2D eigenvalue weighted by molar-refractivity contribution is 5.73. The number of carbonyl (C=O) groups is 1. The zero-order valence-electron chi connectivity index (χ0n) is 14.9. The Bertz CT molecular complexity index is 492. The van der Waals surface area contributed by atoms with E-state index in [1.807, 2.05) is 0 Å². The van der Waals surface area contributed by atoms with E-state index >= 15 is 0 Å². The van der Waals surface area contributed by atoms with Gasteiger partial charge in [-0.2, -0.15) is 0 Å². The van der Waals surface area contributed by atoms with Gasteiger partial charge in [-0.05, 0) is 0 Å². The smallest absolute Gasteiger partial charge is 0.217 e. The van der Waals surface area contributed by atoms with E-state index in [1.54, 1.807) is 0 Å². The summed E-state index contributed by atoms with van der Waals surface area (Å²) in [5, 5.41) is 61.6. The molecule has 1 amide bonds. The molecule has 0 unspecified atom stereocenters. The molecule has 0 spiro atoms. The van der Waals surface area contributed by atoms with Crippen LogP contribution in [0.15, 0.2) is 0 Å². The quantitative estimate of drug-likeness (QED) is 0.228. The minimum atomic E-state index is -1.70. The maximum atomic E-state index is 11.4. The molecule has 2 rings (SSSR count). The van der Waals surface area contributed by atoms with Crippen molar-refractivity contribution < 1.29 is 54.4 Å². The van der Waals surface area contributed by atoms with Gasteiger partial charge in [0.15, 0.2) is 12.6 Å². The molecule has 12 heteroatoms. The van der Waals surface area contributed by atoms with E-state index in [1.165, 1.54) is 14.0 Å². The molecule has 12 nitrogen and oxygen atoms in total. The zero-order valence-corrected chi connectivity index (χ0v) is 14.9. The summed E-state index contributed by atoms with van der Waals surface area (Å²) < 4.78 is 21.3. The molecule has 0 bridgehead atoms. The van der Waals surface area contributed by atoms with Gasteiger partial charge < -0.3 is 54.9 Å². The Balaban J connectivity index is 2.19. The molecule has 27 heavy (non-hydrogen) atoms. The monoisotopic (exact) mass is 397 g/mol. The molecule has 0 saturated carbocycles. The van der Waals surface area contributed by atoms with Gasteiger partial charge in [0, 0.05) is 14.0 Å². The minimum Gasteiger partial charge on any atom is -0.394 e. The highest BCUT2D eigenvalue weighted by atomic mass is 16.7. The molecule has 2 heterocycles. The van der Waals surface area contributed by atoms with Crippen LogP contribution in [0.25, 0.3) is 0 Å². The number of methoxy groups -OCH3 is 1. The van der Waals surface area contributed by atoms with E-state index in [0.29, 0.717) is 0 Å². The van der Waals surface area contributed by atoms with Crippen molar-refractivity contribution in [1.29, 1.82) is 0 Å². The third-order valence-electron chi connectivity index (χ3n) is 4.59. The first-order valence-corrected chi connectivity index (χ1v) is 8.45. The van der Waals surface area contributed by atoms with Crippen molar-refractivity contribution in [3.05, 3.63) is 0 Å². The average molecular weight is 397 g/mol. The lowest BCUT2D eigenvalue weighted by atomic mass is 9.95. The fourth-order valence-electron chi connectivity index (χ4n) is 3.16. The van der Waals surface area contributed by atoms with Crippen LogP contribution in [0.2, 0.25) is 0 Å². The van der Waals surface area contributed by atoms with Crippen molar-refractivity contribution in [2.24, 2.45) is 0 Å². The van der Waals surface area contributed by atoms with E-state index in [0.717, 1.165) is 0 Å². The second kappa shape index (κ2) is 9.52. The van der Waals surface area contributed by atoms with Gasteiger partial charge in [0.1, 0.15) is 48.8 Å². The van der Waals surface area contributed by atoms with Gasteiger partial charge in [0.05, 0.1) is 13.2 Å². The van der Waals surface area contributed by atoms with Crippen LogP contribution in [-0.2, 0) is 23.7 Å². The molecule has 158 valence electrons. The maximum absolute atomic E-state index is 11.4. The van der Waals surface area contributed by atoms with Crippen molar-refractivity contribution in [2.75, 3.05) is 20.3 Å². The molecule has 0 aromatic rings. The molecule has 0 aromatic heterocycles. The molecular weight excluding hydrogens is 370 g/mol. The Hall–Kier alpha value is -0.930. The number of aliphatic hydroxyl groups is 6. The van der Waals surface area contributed by atoms with E-state index < -0.39 is 80.5 Å². The van der Waals surface area contributed by atoms with Gasteiger partial charge in [-0.3, -0.25) is 4.79 Å². The standard InChI is InChI=1S/C15H27NO11/c1-5(19)16-8-10(21)13(7(4-18)26-14(8)24-2)27-15-12(23)11(22)9(20)6(3-17)25-15/h6-15,17-18,20-23H,3-4H2,1-2H3,(H,16,19)/t6-,7-,8-,9-,10-,11+,12+,13-,14-,15+/m1/s1. The van der Waals surface area contributed by atoms with Crippen LogP contribution in [0, 0.1) is 0 Å². The Kier molecular flexibility index (Phi) is 7.88. The summed E-state index contributed by atoms with van der Waals surface area (Å²) in [7, 11) is 1.29. The van der Waals surface area contributed by atoms with Gasteiger partial charge in [0.25, 0.3) is 0 Å². The molecular formula is C15H27NO11. The number of nitrogens with one attached hydrogen (secondary N) is 1. The molecule has 0 radical (unpaired) electrons. The third-order valence-corrected chi connectivity index (χ3v) is 4.59. The lowest BCUT2D eigenvalue weighted by molar-refractivity contribution is -0.346. The van der Waals surface area contributed by atoms with Crippen molar-refractivity contribution in [2.45, 2.75) is 68.3 Å². The molecule has 2 saturated heterocycles. The predicted octanol–water partition coefficient (Wildman–Crippen LogP) is -4.60. The number of amides is 1. The predicted molar refractivity (Wildman–Crippen MR) is 85.0 cm³/mol. The maximum Gasteiger partial charge on any atom is 0.217 e. The van der Waals surface area contributed by atoms with Gasteiger partial charge in [-0.15, -0.1) is 0 Å². The fourth-order valence-corrected chi connectivity index (χ4v) is 3.16. The highest BCUT2D eigenvalue weighted by Crippen LogP contribution is 2.29. The Morgan fingerprint density at radius 1 is 0.926 bits per heavy atom. The third kappa shape index (κ3) is 4.74. The number of hydrogen-bond acceptors (Lipinski definition) is 11. The second-order valence-electron chi connectivity index (χ2n) is 6.48. The van der Waals surface area contributed by atoms with Crippen LogP contribution in [-0.4, -0.2) is 118 Å². The SMILES string of the molecule is CO[C@@H]1O[C@H](CO)[C@@H](O[C@@H]2O[C@H](CO)[C@@H](O)[C@H](O)[C@@H]2O)[C@H](O)[C@H]1NC(C)=O. The molecule has 0 aliphatic carbocycles. The lowest BCUT2D eigenvalue weighted by Gasteiger charge is -2.46. The number of carbonyl (C=O) groups excluding carboxylic acids is 1. The molecule has 2 aliphatic heterocycles. The second-order valence-corrected chi connectivity index (χ2v) is 6.48. The average Bonchev–Trinajstić information content (AvgIpc) is 2.64. The van der Waals surface area contributed by atoms with Crippen LogP contribution < -0.4 is 5.32 Å². The molecule has 7 N–H and O–H groups in total. The van der Waals surface area contributed by atoms with Crippen LogP contribution in [0.5, 0.6) is 0 Å². The van der Waals surface area contributed by atoms with Gasteiger partial charge in [-0.25, -0.2) is 0 Å². The Morgan fingerprint density at radius 3 is 2.04 bits per heavy atom. The summed E-state index contributed by atoms with van der Waals surface area (Å²) in [6.45, 7) is -0.0188. The van der Waals surface area contributed by atoms with Gasteiger partial charge in [-0.1, -0.05) is 0 Å². The van der Waals surface area contributed by atoms with Crippen molar-refractivity contribution in [3.63, 3.8) is 0 Å². The van der Waals surface area contributed by atoms with E-state index in [2.05, 4.69) is 5.32 Å². The van der Waals surface area contributed by atoms with Gasteiger partial charge in [0.2, 0.25) is 5.91 Å². The van der Waals surface area contributed by atoms with Crippen LogP contribution >= 0.6 is 0 Å². The molecule has 0 aromatic carbocycles. The van der Waals surface area contributed by atoms with Crippen LogP contribution in [0.1, 0.15) is 6.92 Å². The summed E-state index contributed by atoms with van der Waals surface area (Å²) in [5.74, 6) is -0.473. The number of ether oxygens (including phenoxy) is 4. The summed E-state index contributed by atoms with van der Waals surface area (Å²) >= 11 is 0. The van der Waals surface area contributed by atoms with Gasteiger partial charge >= 0.3 is 0 Å². The minimum absolute atomic E-state index is 0.473. The first kappa shape index (κ1) is 22.4. The fraction of sp³-hybridized carbons (Fsp3) is 0.933. The molecule has 2 fully saturated rings. The van der Waals surface area contributed by atoms with E-state index in [-0.39, 0.29) is 0 Å². The first-order chi connectivity index (χ1) is 12.7. The summed E-state index contributed by atoms with van der Waals surface area (Å²) in [5.41, 5.74) is 0. The van der Waals surface area contributed by atoms with Crippen molar-refractivity contribution in [1.82, 2.24) is 5.32 Å². The topological polar surface area (TPSA) is 187 Å². The van der Waals surface area contributed by atoms with Crippen LogP contribution in [0.4, 0.5) is 0 Å².